The third kappa shape index (κ3) is 11.9. The summed E-state index contributed by atoms with van der Waals surface area (Å²) in [7, 11) is -1.51. The first-order chi connectivity index (χ1) is 11.1. The highest BCUT2D eigenvalue weighted by molar-refractivity contribution is 14.0. The molecular formula is C14H21F3IN3O3S. The zero-order valence-corrected chi connectivity index (χ0v) is 16.9. The van der Waals surface area contributed by atoms with E-state index in [1.54, 1.807) is 19.2 Å². The van der Waals surface area contributed by atoms with Crippen LogP contribution in [0.2, 0.25) is 0 Å². The van der Waals surface area contributed by atoms with Crippen LogP contribution in [0.1, 0.15) is 5.56 Å². The molecule has 0 bridgehead atoms. The summed E-state index contributed by atoms with van der Waals surface area (Å²) in [5.74, 6) is 0.543. The van der Waals surface area contributed by atoms with Gasteiger partial charge in [-0.1, -0.05) is 12.1 Å². The van der Waals surface area contributed by atoms with Gasteiger partial charge >= 0.3 is 6.18 Å². The Kier molecular flexibility index (Phi) is 10.2. The van der Waals surface area contributed by atoms with Crippen LogP contribution >= 0.6 is 24.0 Å². The zero-order valence-electron chi connectivity index (χ0n) is 13.8. The van der Waals surface area contributed by atoms with Crippen LogP contribution in [-0.2, 0) is 16.4 Å². The molecule has 0 aliphatic carbocycles. The van der Waals surface area contributed by atoms with Crippen molar-refractivity contribution in [2.45, 2.75) is 12.7 Å². The smallest absolute Gasteiger partial charge is 0.422 e. The van der Waals surface area contributed by atoms with Gasteiger partial charge in [0.15, 0.2) is 12.6 Å². The van der Waals surface area contributed by atoms with Gasteiger partial charge in [0.2, 0.25) is 0 Å². The fourth-order valence-electron chi connectivity index (χ4n) is 1.63. The number of nitrogens with one attached hydrogen (secondary N) is 2. The molecule has 1 rings (SSSR count). The second-order valence-corrected chi connectivity index (χ2v) is 7.29. The molecule has 0 spiro atoms. The zero-order chi connectivity index (χ0) is 18.2. The molecule has 0 heterocycles. The predicted molar refractivity (Wildman–Crippen MR) is 101 cm³/mol. The number of rotatable bonds is 7. The van der Waals surface area contributed by atoms with E-state index in [1.165, 1.54) is 12.1 Å². The summed E-state index contributed by atoms with van der Waals surface area (Å²) in [6, 6.07) is 6.15. The summed E-state index contributed by atoms with van der Waals surface area (Å²) in [5, 5.41) is 5.83. The van der Waals surface area contributed by atoms with Gasteiger partial charge in [0.1, 0.15) is 15.6 Å². The number of benzene rings is 1. The highest BCUT2D eigenvalue weighted by Gasteiger charge is 2.28. The van der Waals surface area contributed by atoms with Crippen molar-refractivity contribution in [2.75, 3.05) is 32.2 Å². The van der Waals surface area contributed by atoms with Crippen LogP contribution in [0, 0.1) is 0 Å². The molecule has 144 valence electrons. The van der Waals surface area contributed by atoms with Crippen LogP contribution < -0.4 is 15.4 Å². The Hall–Kier alpha value is -1.24. The number of ether oxygens (including phenoxy) is 1. The molecule has 0 aliphatic rings. The summed E-state index contributed by atoms with van der Waals surface area (Å²) in [4.78, 5) is 3.95. The molecule has 1 aromatic carbocycles. The largest absolute Gasteiger partial charge is 0.484 e. The highest BCUT2D eigenvalue weighted by Crippen LogP contribution is 2.18. The molecule has 11 heteroatoms. The van der Waals surface area contributed by atoms with Gasteiger partial charge in [-0.3, -0.25) is 4.99 Å². The van der Waals surface area contributed by atoms with E-state index in [1.807, 2.05) is 0 Å². The molecular weight excluding hydrogens is 474 g/mol. The van der Waals surface area contributed by atoms with Crippen molar-refractivity contribution < 1.29 is 26.3 Å². The molecule has 1 aromatic rings. The number of aliphatic imine (C=N–C) groups is 1. The molecule has 0 saturated heterocycles. The third-order valence-corrected chi connectivity index (χ3v) is 3.72. The van der Waals surface area contributed by atoms with Crippen LogP contribution in [0.5, 0.6) is 5.75 Å². The molecule has 6 nitrogen and oxygen atoms in total. The molecule has 0 aliphatic heterocycles. The number of hydrogen-bond donors (Lipinski definition) is 2. The van der Waals surface area contributed by atoms with Crippen molar-refractivity contribution in [3.8, 4) is 5.75 Å². The molecule has 0 unspecified atom stereocenters. The van der Waals surface area contributed by atoms with Crippen molar-refractivity contribution in [1.29, 1.82) is 0 Å². The maximum atomic E-state index is 12.1. The summed E-state index contributed by atoms with van der Waals surface area (Å²) in [5.41, 5.74) is 0.806. The Morgan fingerprint density at radius 3 is 2.28 bits per heavy atom. The molecule has 0 fully saturated rings. The number of hydrogen-bond acceptors (Lipinski definition) is 4. The lowest BCUT2D eigenvalue weighted by Gasteiger charge is -2.12. The number of nitrogens with zero attached hydrogens (tertiary/aromatic N) is 1. The topological polar surface area (TPSA) is 79.8 Å². The minimum Gasteiger partial charge on any atom is -0.484 e. The van der Waals surface area contributed by atoms with E-state index >= 15 is 0 Å². The molecule has 0 saturated carbocycles. The van der Waals surface area contributed by atoms with E-state index in [9.17, 15) is 21.6 Å². The van der Waals surface area contributed by atoms with E-state index in [2.05, 4.69) is 20.4 Å². The minimum atomic E-state index is -4.37. The standard InChI is InChI=1S/C14H20F3N3O3S.HI/c1-18-13(19-7-8-24(2,21)22)20-9-11-3-5-12(6-4-11)23-10-14(15,16)17;/h3-6H,7-10H2,1-2H3,(H2,18,19,20);1H. The summed E-state index contributed by atoms with van der Waals surface area (Å²) >= 11 is 0. The lowest BCUT2D eigenvalue weighted by Crippen LogP contribution is -2.39. The summed E-state index contributed by atoms with van der Waals surface area (Å²) in [6.45, 7) is -0.734. The first kappa shape index (κ1) is 23.8. The number of sulfone groups is 1. The van der Waals surface area contributed by atoms with Crippen LogP contribution in [0.25, 0.3) is 0 Å². The average Bonchev–Trinajstić information content (AvgIpc) is 2.48. The van der Waals surface area contributed by atoms with Gasteiger partial charge in [-0.05, 0) is 17.7 Å². The molecule has 0 aromatic heterocycles. The van der Waals surface area contributed by atoms with E-state index in [0.717, 1.165) is 11.8 Å². The van der Waals surface area contributed by atoms with Gasteiger partial charge in [-0.2, -0.15) is 13.2 Å². The van der Waals surface area contributed by atoms with E-state index in [-0.39, 0.29) is 42.0 Å². The van der Waals surface area contributed by atoms with Gasteiger partial charge < -0.3 is 15.4 Å². The van der Waals surface area contributed by atoms with Crippen LogP contribution in [0.15, 0.2) is 29.3 Å². The highest BCUT2D eigenvalue weighted by atomic mass is 127. The number of alkyl halides is 3. The maximum Gasteiger partial charge on any atom is 0.422 e. The van der Waals surface area contributed by atoms with Crippen molar-refractivity contribution in [2.24, 2.45) is 4.99 Å². The average molecular weight is 495 g/mol. The Bertz CT molecular complexity index is 650. The van der Waals surface area contributed by atoms with Crippen molar-refractivity contribution in [1.82, 2.24) is 10.6 Å². The monoisotopic (exact) mass is 495 g/mol. The fourth-order valence-corrected chi connectivity index (χ4v) is 2.10. The van der Waals surface area contributed by atoms with Gasteiger partial charge in [-0.15, -0.1) is 24.0 Å². The van der Waals surface area contributed by atoms with Gasteiger partial charge in [0, 0.05) is 26.4 Å². The molecule has 2 N–H and O–H groups in total. The van der Waals surface area contributed by atoms with Gasteiger partial charge in [0.05, 0.1) is 5.75 Å². The SMILES string of the molecule is CN=C(NCCS(C)(=O)=O)NCc1ccc(OCC(F)(F)F)cc1.I. The second kappa shape index (κ2) is 10.7. The van der Waals surface area contributed by atoms with Crippen LogP contribution in [0.3, 0.4) is 0 Å². The predicted octanol–water partition coefficient (Wildman–Crippen LogP) is 1.96. The van der Waals surface area contributed by atoms with Crippen molar-refractivity contribution >= 4 is 39.8 Å². The quantitative estimate of drug-likeness (QED) is 0.344. The molecule has 0 radical (unpaired) electrons. The summed E-state index contributed by atoms with van der Waals surface area (Å²) < 4.78 is 62.9. The lowest BCUT2D eigenvalue weighted by molar-refractivity contribution is -0.153. The van der Waals surface area contributed by atoms with Gasteiger partial charge in [-0.25, -0.2) is 8.42 Å². The first-order valence-corrected chi connectivity index (χ1v) is 9.06. The lowest BCUT2D eigenvalue weighted by atomic mass is 10.2. The molecule has 25 heavy (non-hydrogen) atoms. The summed E-state index contributed by atoms with van der Waals surface area (Å²) in [6.07, 6.45) is -3.22. The molecule has 0 amide bonds. The Morgan fingerprint density at radius 1 is 1.20 bits per heavy atom. The maximum absolute atomic E-state index is 12.1. The second-order valence-electron chi connectivity index (χ2n) is 5.03. The fraction of sp³-hybridized carbons (Fsp3) is 0.500. The van der Waals surface area contributed by atoms with E-state index in [0.29, 0.717) is 12.5 Å². The van der Waals surface area contributed by atoms with Crippen molar-refractivity contribution in [3.05, 3.63) is 29.8 Å². The van der Waals surface area contributed by atoms with Crippen LogP contribution in [0.4, 0.5) is 13.2 Å². The first-order valence-electron chi connectivity index (χ1n) is 7.00. The van der Waals surface area contributed by atoms with E-state index < -0.39 is 22.6 Å². The third-order valence-electron chi connectivity index (χ3n) is 2.77. The number of guanidine groups is 1. The molecule has 0 atom stereocenters. The minimum absolute atomic E-state index is 0. The number of halogens is 4. The Labute approximate surface area is 162 Å². The Balaban J connectivity index is 0.00000576. The van der Waals surface area contributed by atoms with Crippen LogP contribution in [-0.4, -0.2) is 52.8 Å². The van der Waals surface area contributed by atoms with Gasteiger partial charge in [0.25, 0.3) is 0 Å². The Morgan fingerprint density at radius 2 is 1.80 bits per heavy atom. The van der Waals surface area contributed by atoms with E-state index in [4.69, 9.17) is 0 Å². The van der Waals surface area contributed by atoms with Crippen molar-refractivity contribution in [3.63, 3.8) is 0 Å². The normalized spacial score (nSPS) is 12.3.